The predicted octanol–water partition coefficient (Wildman–Crippen LogP) is 6.02. The first-order valence-corrected chi connectivity index (χ1v) is 16.1. The fraction of sp³-hybridized carbons (Fsp3) is 0.882. The predicted molar refractivity (Wildman–Crippen MR) is 158 cm³/mol. The molecule has 0 aliphatic heterocycles. The lowest BCUT2D eigenvalue weighted by Crippen LogP contribution is -2.67. The van der Waals surface area contributed by atoms with Crippen LogP contribution in [0.5, 0.6) is 0 Å². The Kier molecular flexibility index (Phi) is 7.60. The zero-order valence-electron chi connectivity index (χ0n) is 26.2. The molecule has 10 atom stereocenters. The van der Waals surface area contributed by atoms with Gasteiger partial charge in [-0.25, -0.2) is 0 Å². The van der Waals surface area contributed by atoms with E-state index >= 15 is 0 Å². The molecule has 0 heterocycles. The molecule has 0 radical (unpaired) electrons. The van der Waals surface area contributed by atoms with Crippen LogP contribution < -0.4 is 11.5 Å². The Morgan fingerprint density at radius 1 is 0.800 bits per heavy atom. The average Bonchev–Trinajstić information content (AvgIpc) is 3.29. The van der Waals surface area contributed by atoms with Crippen LogP contribution in [0.1, 0.15) is 106 Å². The van der Waals surface area contributed by atoms with Crippen molar-refractivity contribution in [2.75, 3.05) is 19.7 Å². The van der Waals surface area contributed by atoms with Crippen molar-refractivity contribution in [3.8, 4) is 0 Å². The van der Waals surface area contributed by atoms with E-state index in [1.165, 1.54) is 37.7 Å². The molecule has 0 bridgehead atoms. The molecule has 6 nitrogen and oxygen atoms in total. The Balaban J connectivity index is 1.47. The first-order valence-electron chi connectivity index (χ1n) is 16.1. The molecule has 5 fully saturated rings. The second-order valence-electron chi connectivity index (χ2n) is 16.0. The smallest absolute Gasteiger partial charge is 0.319 e. The van der Waals surface area contributed by atoms with Crippen molar-refractivity contribution in [1.29, 1.82) is 0 Å². The van der Waals surface area contributed by atoms with Crippen LogP contribution in [0, 0.1) is 56.7 Å². The van der Waals surface area contributed by atoms with Crippen LogP contribution in [0.15, 0.2) is 12.2 Å². The summed E-state index contributed by atoms with van der Waals surface area (Å²) in [5.41, 5.74) is 13.2. The SMILES string of the molecule is C=C(C)[C@@H]1CC[C@]2(COC(=O)CN)CC[C@]3(C)[C@H](CC[C@@H]4[C@@]5(C)CC[C@H](OC(=O)CN)C(C)(C)[C@@H]5CC[C@]43C)[C@@H]12. The van der Waals surface area contributed by atoms with Gasteiger partial charge in [-0.05, 0) is 117 Å². The Morgan fingerprint density at radius 3 is 2.15 bits per heavy atom. The van der Waals surface area contributed by atoms with Gasteiger partial charge in [-0.3, -0.25) is 9.59 Å². The third-order valence-corrected chi connectivity index (χ3v) is 14.3. The third-order valence-electron chi connectivity index (χ3n) is 14.3. The van der Waals surface area contributed by atoms with Crippen LogP contribution in [0.2, 0.25) is 0 Å². The lowest BCUT2D eigenvalue weighted by molar-refractivity contribution is -0.252. The third kappa shape index (κ3) is 4.16. The molecule has 5 saturated carbocycles. The highest BCUT2D eigenvalue weighted by atomic mass is 16.5. The number of fused-ring (bicyclic) bond motifs is 7. The maximum Gasteiger partial charge on any atom is 0.319 e. The maximum absolute atomic E-state index is 12.2. The normalized spacial score (nSPS) is 47.2. The number of carbonyl (C=O) groups is 2. The first kappa shape index (κ1) is 30.1. The van der Waals surface area contributed by atoms with Crippen molar-refractivity contribution in [3.05, 3.63) is 12.2 Å². The fourth-order valence-electron chi connectivity index (χ4n) is 12.2. The first-order chi connectivity index (χ1) is 18.7. The molecule has 0 aromatic carbocycles. The number of carbonyl (C=O) groups excluding carboxylic acids is 2. The summed E-state index contributed by atoms with van der Waals surface area (Å²) in [4.78, 5) is 24.4. The molecule has 226 valence electrons. The minimum absolute atomic E-state index is 0.0474. The second-order valence-corrected chi connectivity index (χ2v) is 16.0. The van der Waals surface area contributed by atoms with Crippen LogP contribution in [-0.4, -0.2) is 37.7 Å². The monoisotopic (exact) mass is 556 g/mol. The lowest BCUT2D eigenvalue weighted by atomic mass is 9.32. The van der Waals surface area contributed by atoms with Crippen LogP contribution in [-0.2, 0) is 19.1 Å². The Hall–Kier alpha value is -1.40. The molecule has 5 aliphatic carbocycles. The van der Waals surface area contributed by atoms with E-state index in [1.54, 1.807) is 0 Å². The van der Waals surface area contributed by atoms with Crippen LogP contribution in [0.3, 0.4) is 0 Å². The van der Waals surface area contributed by atoms with Gasteiger partial charge < -0.3 is 20.9 Å². The van der Waals surface area contributed by atoms with E-state index in [-0.39, 0.29) is 58.2 Å². The minimum Gasteiger partial charge on any atom is -0.464 e. The van der Waals surface area contributed by atoms with Crippen molar-refractivity contribution in [2.24, 2.45) is 68.1 Å². The van der Waals surface area contributed by atoms with Gasteiger partial charge in [0.1, 0.15) is 6.10 Å². The highest BCUT2D eigenvalue weighted by molar-refractivity contribution is 5.71. The highest BCUT2D eigenvalue weighted by Gasteiger charge is 2.71. The molecule has 40 heavy (non-hydrogen) atoms. The van der Waals surface area contributed by atoms with Gasteiger partial charge in [0.25, 0.3) is 0 Å². The number of hydrogen-bond acceptors (Lipinski definition) is 6. The van der Waals surface area contributed by atoms with E-state index in [0.29, 0.717) is 36.2 Å². The van der Waals surface area contributed by atoms with Crippen LogP contribution in [0.4, 0.5) is 0 Å². The van der Waals surface area contributed by atoms with Gasteiger partial charge in [0.15, 0.2) is 0 Å². The Labute approximate surface area is 242 Å². The Bertz CT molecular complexity index is 1040. The number of nitrogens with two attached hydrogens (primary N) is 2. The number of allylic oxidation sites excluding steroid dienone is 1. The van der Waals surface area contributed by atoms with Gasteiger partial charge in [-0.2, -0.15) is 0 Å². The van der Waals surface area contributed by atoms with Crippen LogP contribution in [0.25, 0.3) is 0 Å². The molecule has 0 aromatic rings. The molecule has 0 aromatic heterocycles. The maximum atomic E-state index is 12.2. The summed E-state index contributed by atoms with van der Waals surface area (Å²) < 4.78 is 11.8. The molecule has 0 saturated heterocycles. The summed E-state index contributed by atoms with van der Waals surface area (Å²) in [5.74, 6) is 2.24. The number of rotatable bonds is 6. The van der Waals surface area contributed by atoms with Gasteiger partial charge in [-0.15, -0.1) is 0 Å². The quantitative estimate of drug-likeness (QED) is 0.306. The largest absolute Gasteiger partial charge is 0.464 e. The summed E-state index contributed by atoms with van der Waals surface area (Å²) >= 11 is 0. The zero-order valence-corrected chi connectivity index (χ0v) is 26.2. The highest BCUT2D eigenvalue weighted by Crippen LogP contribution is 2.77. The molecule has 0 unspecified atom stereocenters. The second kappa shape index (κ2) is 10.1. The average molecular weight is 557 g/mol. The summed E-state index contributed by atoms with van der Waals surface area (Å²) in [5, 5.41) is 0. The van der Waals surface area contributed by atoms with E-state index in [4.69, 9.17) is 20.9 Å². The van der Waals surface area contributed by atoms with Gasteiger partial charge in [0, 0.05) is 10.8 Å². The molecular weight excluding hydrogens is 500 g/mol. The van der Waals surface area contributed by atoms with Crippen LogP contribution >= 0.6 is 0 Å². The van der Waals surface area contributed by atoms with Gasteiger partial charge in [-0.1, -0.05) is 46.8 Å². The van der Waals surface area contributed by atoms with Gasteiger partial charge in [0.2, 0.25) is 0 Å². The van der Waals surface area contributed by atoms with E-state index in [2.05, 4.69) is 48.1 Å². The van der Waals surface area contributed by atoms with Crippen molar-refractivity contribution in [3.63, 3.8) is 0 Å². The standard InChI is InChI=1S/C34H56N2O4/c1-21(2)22-10-15-34(20-39-27(37)18-35)17-16-32(6)23(29(22)34)8-9-25-31(5)13-12-26(40-28(38)19-36)30(3,4)24(31)11-14-33(25,32)7/h22-26,29H,1,8-20,35-36H2,2-7H3/t22-,23+,24-,25+,26-,29+,31-,32+,33+,34+/m0/s1. The van der Waals surface area contributed by atoms with Gasteiger partial charge in [0.05, 0.1) is 19.7 Å². The molecular formula is C34H56N2O4. The van der Waals surface area contributed by atoms with E-state index < -0.39 is 0 Å². The molecule has 6 heteroatoms. The van der Waals surface area contributed by atoms with Crippen molar-refractivity contribution < 1.29 is 19.1 Å². The summed E-state index contributed by atoms with van der Waals surface area (Å²) in [7, 11) is 0. The molecule has 0 spiro atoms. The summed E-state index contributed by atoms with van der Waals surface area (Å²) in [6.45, 7) is 19.7. The van der Waals surface area contributed by atoms with Crippen molar-refractivity contribution >= 4 is 11.9 Å². The topological polar surface area (TPSA) is 105 Å². The lowest BCUT2D eigenvalue weighted by Gasteiger charge is -2.73. The van der Waals surface area contributed by atoms with E-state index in [9.17, 15) is 9.59 Å². The molecule has 0 amide bonds. The molecule has 5 rings (SSSR count). The Morgan fingerprint density at radius 2 is 1.50 bits per heavy atom. The van der Waals surface area contributed by atoms with E-state index in [1.807, 2.05) is 0 Å². The van der Waals surface area contributed by atoms with Crippen molar-refractivity contribution in [2.45, 2.75) is 112 Å². The number of esters is 2. The molecule has 4 N–H and O–H groups in total. The zero-order chi connectivity index (χ0) is 29.3. The van der Waals surface area contributed by atoms with Crippen molar-refractivity contribution in [1.82, 2.24) is 0 Å². The minimum atomic E-state index is -0.280. The number of ether oxygens (including phenoxy) is 2. The summed E-state index contributed by atoms with van der Waals surface area (Å²) in [6.07, 6.45) is 11.5. The van der Waals surface area contributed by atoms with E-state index in [0.717, 1.165) is 32.1 Å². The molecule has 5 aliphatic rings. The number of hydrogen-bond donors (Lipinski definition) is 2. The fourth-order valence-corrected chi connectivity index (χ4v) is 12.2. The summed E-state index contributed by atoms with van der Waals surface area (Å²) in [6, 6.07) is 0. The van der Waals surface area contributed by atoms with Gasteiger partial charge >= 0.3 is 11.9 Å².